The van der Waals surface area contributed by atoms with Gasteiger partial charge >= 0.3 is 5.97 Å². The number of ether oxygens (including phenoxy) is 1. The number of hydrogen-bond acceptors (Lipinski definition) is 6. The first-order valence-corrected chi connectivity index (χ1v) is 10.7. The first kappa shape index (κ1) is 27.2. The van der Waals surface area contributed by atoms with Crippen molar-refractivity contribution >= 4 is 47.1 Å². The van der Waals surface area contributed by atoms with E-state index in [4.69, 9.17) is 21.2 Å². The average Bonchev–Trinajstić information content (AvgIpc) is 2.80. The third-order valence-electron chi connectivity index (χ3n) is 4.64. The quantitative estimate of drug-likeness (QED) is 0.185. The molecule has 1 atom stereocenters. The second-order valence-corrected chi connectivity index (χ2v) is 7.70. The Morgan fingerprint density at radius 2 is 1.76 bits per heavy atom. The van der Waals surface area contributed by atoms with Crippen LogP contribution in [0.2, 0.25) is 5.02 Å². The van der Waals surface area contributed by atoms with Gasteiger partial charge < -0.3 is 15.2 Å². The van der Waals surface area contributed by atoms with E-state index < -0.39 is 12.1 Å². The Morgan fingerprint density at radius 3 is 2.48 bits per heavy atom. The first-order valence-electron chi connectivity index (χ1n) is 10.3. The number of halogens is 1. The predicted octanol–water partition coefficient (Wildman–Crippen LogP) is 4.26. The molecule has 1 radical (unpaired) electrons. The summed E-state index contributed by atoms with van der Waals surface area (Å²) in [6, 6.07) is 22.3. The van der Waals surface area contributed by atoms with Gasteiger partial charge in [0.15, 0.2) is 5.75 Å². The molecule has 0 amide bonds. The standard InChI is InChI=1S/C25H26ClNO5.Na/c1-18(28)31-32-24-7-2-4-20(14-24)17-30-23-10-8-19(9-11-23)12-13-27-16-25(29)21-5-3-6-22(26)15-21;/h2-11,14-15,25,27,29H,12-13,16-17H2,1H3;/t25-;/m0./s1. The van der Waals surface area contributed by atoms with Crippen molar-refractivity contribution in [2.75, 3.05) is 13.1 Å². The van der Waals surface area contributed by atoms with Crippen LogP contribution >= 0.6 is 11.6 Å². The fraction of sp³-hybridized carbons (Fsp3) is 0.240. The molecule has 8 heteroatoms. The predicted molar refractivity (Wildman–Crippen MR) is 128 cm³/mol. The number of benzene rings is 3. The van der Waals surface area contributed by atoms with Crippen LogP contribution in [0.3, 0.4) is 0 Å². The fourth-order valence-corrected chi connectivity index (χ4v) is 3.21. The zero-order chi connectivity index (χ0) is 22.8. The van der Waals surface area contributed by atoms with Crippen LogP contribution in [0.5, 0.6) is 11.5 Å². The zero-order valence-corrected chi connectivity index (χ0v) is 21.5. The summed E-state index contributed by atoms with van der Waals surface area (Å²) >= 11 is 5.97. The Hall–Kier alpha value is -2.06. The van der Waals surface area contributed by atoms with Gasteiger partial charge in [0.05, 0.1) is 6.10 Å². The summed E-state index contributed by atoms with van der Waals surface area (Å²) in [6.07, 6.45) is 0.236. The summed E-state index contributed by atoms with van der Waals surface area (Å²) < 4.78 is 5.82. The van der Waals surface area contributed by atoms with Crippen LogP contribution in [0.25, 0.3) is 0 Å². The largest absolute Gasteiger partial charge is 0.489 e. The minimum absolute atomic E-state index is 0. The maximum atomic E-state index is 10.8. The minimum atomic E-state index is -0.595. The Bertz CT molecular complexity index is 1020. The van der Waals surface area contributed by atoms with Crippen molar-refractivity contribution < 1.29 is 24.4 Å². The van der Waals surface area contributed by atoms with Crippen molar-refractivity contribution in [3.8, 4) is 11.5 Å². The van der Waals surface area contributed by atoms with E-state index in [1.807, 2.05) is 42.5 Å². The number of hydrogen-bond donors (Lipinski definition) is 2. The number of rotatable bonds is 11. The number of carbonyl (C=O) groups is 1. The Kier molecular flexibility index (Phi) is 11.7. The molecule has 0 aliphatic rings. The van der Waals surface area contributed by atoms with Crippen LogP contribution in [-0.4, -0.2) is 53.7 Å². The molecule has 3 aromatic rings. The molecule has 0 heterocycles. The van der Waals surface area contributed by atoms with Crippen molar-refractivity contribution in [1.29, 1.82) is 0 Å². The molecule has 0 saturated heterocycles. The summed E-state index contributed by atoms with van der Waals surface area (Å²) in [6.45, 7) is 2.84. The Morgan fingerprint density at radius 1 is 1.00 bits per heavy atom. The minimum Gasteiger partial charge on any atom is -0.489 e. The molecule has 6 nitrogen and oxygen atoms in total. The first-order chi connectivity index (χ1) is 15.5. The van der Waals surface area contributed by atoms with Crippen LogP contribution in [0.15, 0.2) is 72.8 Å². The van der Waals surface area contributed by atoms with Gasteiger partial charge in [0.1, 0.15) is 12.4 Å². The number of aliphatic hydroxyl groups is 1. The molecule has 0 aliphatic carbocycles. The van der Waals surface area contributed by atoms with Gasteiger partial charge in [-0.05, 0) is 66.1 Å². The van der Waals surface area contributed by atoms with E-state index in [9.17, 15) is 9.90 Å². The zero-order valence-electron chi connectivity index (χ0n) is 18.8. The van der Waals surface area contributed by atoms with E-state index in [-0.39, 0.29) is 29.6 Å². The molecule has 169 valence electrons. The van der Waals surface area contributed by atoms with Gasteiger partial charge in [0.25, 0.3) is 0 Å². The maximum Gasteiger partial charge on any atom is 0.352 e. The van der Waals surface area contributed by atoms with Gasteiger partial charge in [0.2, 0.25) is 0 Å². The van der Waals surface area contributed by atoms with Crippen molar-refractivity contribution in [3.63, 3.8) is 0 Å². The SMILES string of the molecule is CC(=O)OOc1cccc(COc2ccc(CCNC[C@H](O)c3cccc(Cl)c3)cc2)c1.[Na]. The molecule has 0 bridgehead atoms. The van der Waals surface area contributed by atoms with E-state index in [0.717, 1.165) is 29.8 Å². The molecule has 0 unspecified atom stereocenters. The van der Waals surface area contributed by atoms with E-state index in [1.165, 1.54) is 12.5 Å². The van der Waals surface area contributed by atoms with E-state index in [2.05, 4.69) is 10.2 Å². The molecule has 0 aliphatic heterocycles. The number of carbonyl (C=O) groups excluding carboxylic acids is 1. The van der Waals surface area contributed by atoms with Crippen molar-refractivity contribution in [3.05, 3.63) is 94.5 Å². The van der Waals surface area contributed by atoms with Gasteiger partial charge in [-0.1, -0.05) is 48.0 Å². The average molecular weight is 479 g/mol. The molecule has 2 N–H and O–H groups in total. The van der Waals surface area contributed by atoms with Gasteiger partial charge in [-0.15, -0.1) is 0 Å². The maximum absolute atomic E-state index is 10.8. The van der Waals surface area contributed by atoms with Crippen LogP contribution < -0.4 is 14.9 Å². The van der Waals surface area contributed by atoms with Gasteiger partial charge in [-0.25, -0.2) is 4.79 Å². The van der Waals surface area contributed by atoms with Crippen LogP contribution in [0.4, 0.5) is 0 Å². The Labute approximate surface area is 221 Å². The van der Waals surface area contributed by atoms with Crippen LogP contribution in [0.1, 0.15) is 29.7 Å². The molecular weight excluding hydrogens is 453 g/mol. The van der Waals surface area contributed by atoms with Gasteiger partial charge in [-0.2, -0.15) is 0 Å². The third kappa shape index (κ3) is 9.76. The monoisotopic (exact) mass is 478 g/mol. The van der Waals surface area contributed by atoms with Gasteiger partial charge in [0, 0.05) is 48.0 Å². The van der Waals surface area contributed by atoms with E-state index in [1.54, 1.807) is 30.3 Å². The second-order valence-electron chi connectivity index (χ2n) is 7.26. The topological polar surface area (TPSA) is 77.0 Å². The van der Waals surface area contributed by atoms with Gasteiger partial charge in [-0.3, -0.25) is 9.78 Å². The van der Waals surface area contributed by atoms with Crippen LogP contribution in [-0.2, 0) is 22.7 Å². The summed E-state index contributed by atoms with van der Waals surface area (Å²) in [7, 11) is 0. The van der Waals surface area contributed by atoms with Crippen molar-refractivity contribution in [2.24, 2.45) is 0 Å². The molecule has 0 spiro atoms. The Balaban J connectivity index is 0.00000385. The smallest absolute Gasteiger partial charge is 0.352 e. The summed E-state index contributed by atoms with van der Waals surface area (Å²) in [4.78, 5) is 20.3. The normalized spacial score (nSPS) is 11.2. The molecule has 3 aromatic carbocycles. The molecule has 0 saturated carbocycles. The van der Waals surface area contributed by atoms with E-state index >= 15 is 0 Å². The molecule has 3 rings (SSSR count). The molecule has 0 fully saturated rings. The van der Waals surface area contributed by atoms with Crippen molar-refractivity contribution in [1.82, 2.24) is 5.32 Å². The van der Waals surface area contributed by atoms with Crippen molar-refractivity contribution in [2.45, 2.75) is 26.1 Å². The summed E-state index contributed by atoms with van der Waals surface area (Å²) in [5, 5.41) is 14.1. The van der Waals surface area contributed by atoms with E-state index in [0.29, 0.717) is 23.9 Å². The fourth-order valence-electron chi connectivity index (χ4n) is 3.02. The summed E-state index contributed by atoms with van der Waals surface area (Å²) in [5.41, 5.74) is 2.86. The number of nitrogens with one attached hydrogen (secondary N) is 1. The third-order valence-corrected chi connectivity index (χ3v) is 4.88. The summed E-state index contributed by atoms with van der Waals surface area (Å²) in [5.74, 6) is 0.674. The second kappa shape index (κ2) is 14.3. The molecule has 0 aromatic heterocycles. The number of aliphatic hydroxyl groups excluding tert-OH is 1. The van der Waals surface area contributed by atoms with Crippen LogP contribution in [0, 0.1) is 0 Å². The molecular formula is C25H26ClNNaO5. The molecule has 33 heavy (non-hydrogen) atoms.